The number of H-pyrrole nitrogens is 1. The van der Waals surface area contributed by atoms with Crippen molar-refractivity contribution in [2.75, 3.05) is 0 Å². The van der Waals surface area contributed by atoms with E-state index in [1.165, 1.54) is 47.3 Å². The number of nitro benzene ring substituents is 1. The van der Waals surface area contributed by atoms with E-state index in [2.05, 4.69) is 10.1 Å². The van der Waals surface area contributed by atoms with Crippen LogP contribution in [-0.4, -0.2) is 32.0 Å². The van der Waals surface area contributed by atoms with Gasteiger partial charge in [0.1, 0.15) is 0 Å². The molecule has 0 spiro atoms. The van der Waals surface area contributed by atoms with Gasteiger partial charge in [-0.05, 0) is 31.2 Å². The van der Waals surface area contributed by atoms with Gasteiger partial charge in [0, 0.05) is 24.0 Å². The highest BCUT2D eigenvalue weighted by atomic mass is 16.6. The van der Waals surface area contributed by atoms with E-state index in [1.54, 1.807) is 19.1 Å². The van der Waals surface area contributed by atoms with Gasteiger partial charge in [0.05, 0.1) is 27.4 Å². The number of para-hydroxylation sites is 1. The van der Waals surface area contributed by atoms with Crippen molar-refractivity contribution in [3.8, 4) is 5.69 Å². The normalized spacial score (nSPS) is 11.0. The number of carboxylic acids is 1. The van der Waals surface area contributed by atoms with Crippen molar-refractivity contribution < 1.29 is 14.8 Å². The molecule has 9 heteroatoms. The number of aromatic carboxylic acids is 1. The van der Waals surface area contributed by atoms with Crippen molar-refractivity contribution in [1.29, 1.82) is 0 Å². The first-order valence-corrected chi connectivity index (χ1v) is 7.81. The van der Waals surface area contributed by atoms with E-state index in [0.29, 0.717) is 11.4 Å². The number of nitrogens with zero attached hydrogens (tertiary/aromatic N) is 3. The zero-order valence-corrected chi connectivity index (χ0v) is 14.1. The van der Waals surface area contributed by atoms with E-state index in [1.807, 2.05) is 0 Å². The van der Waals surface area contributed by atoms with Crippen LogP contribution in [0.25, 0.3) is 5.69 Å². The number of nitrogens with one attached hydrogen (secondary N) is 1. The lowest BCUT2D eigenvalue weighted by molar-refractivity contribution is -0.384. The third kappa shape index (κ3) is 3.52. The Balaban J connectivity index is 1.99. The Hall–Kier alpha value is -4.01. The smallest absolute Gasteiger partial charge is 0.337 e. The van der Waals surface area contributed by atoms with Crippen LogP contribution < -0.4 is 5.56 Å². The van der Waals surface area contributed by atoms with Crippen molar-refractivity contribution in [3.05, 3.63) is 85.8 Å². The minimum atomic E-state index is -1.11. The van der Waals surface area contributed by atoms with Gasteiger partial charge in [-0.1, -0.05) is 12.1 Å². The zero-order valence-electron chi connectivity index (χ0n) is 14.1. The highest BCUT2D eigenvalue weighted by molar-refractivity contribution is 5.95. The number of hydrogen-bond donors (Lipinski definition) is 2. The van der Waals surface area contributed by atoms with E-state index in [-0.39, 0.29) is 22.5 Å². The molecular weight excluding hydrogens is 352 g/mol. The number of aromatic nitrogens is 2. The predicted molar refractivity (Wildman–Crippen MR) is 98.4 cm³/mol. The second-order valence-corrected chi connectivity index (χ2v) is 5.65. The summed E-state index contributed by atoms with van der Waals surface area (Å²) in [4.78, 5) is 38.2. The number of aryl methyl sites for hydroxylation is 1. The first-order valence-electron chi connectivity index (χ1n) is 7.81. The number of hydrogen-bond acceptors (Lipinski definition) is 5. The Morgan fingerprint density at radius 3 is 2.52 bits per heavy atom. The summed E-state index contributed by atoms with van der Waals surface area (Å²) in [6.45, 7) is 1.67. The number of carboxylic acid groups (broad SMARTS) is 1. The Morgan fingerprint density at radius 2 is 1.89 bits per heavy atom. The number of nitro groups is 1. The second kappa shape index (κ2) is 7.08. The molecule has 0 saturated carbocycles. The Kier molecular flexibility index (Phi) is 4.67. The standard InChI is InChI=1S/C18H14N4O5/c1-11-15(10-19-16-5-3-2-4-14(16)18(24)25)17(23)21(20-11)12-6-8-13(9-7-12)22(26)27/h2-10,20H,1H3,(H,24,25). The highest BCUT2D eigenvalue weighted by Crippen LogP contribution is 2.19. The summed E-state index contributed by atoms with van der Waals surface area (Å²) in [5.74, 6) is -1.11. The molecule has 0 bridgehead atoms. The number of non-ortho nitro benzene ring substituents is 1. The molecule has 2 aromatic carbocycles. The third-order valence-corrected chi connectivity index (χ3v) is 3.90. The Labute approximate surface area is 152 Å². The topological polar surface area (TPSA) is 131 Å². The molecule has 136 valence electrons. The summed E-state index contributed by atoms with van der Waals surface area (Å²) in [7, 11) is 0. The van der Waals surface area contributed by atoms with Gasteiger partial charge in [-0.2, -0.15) is 0 Å². The summed E-state index contributed by atoms with van der Waals surface area (Å²) in [6, 6.07) is 11.7. The van der Waals surface area contributed by atoms with Crippen LogP contribution in [0.5, 0.6) is 0 Å². The average molecular weight is 366 g/mol. The molecule has 3 aromatic rings. The molecule has 0 aliphatic carbocycles. The lowest BCUT2D eigenvalue weighted by Crippen LogP contribution is -2.17. The van der Waals surface area contributed by atoms with E-state index < -0.39 is 16.5 Å². The van der Waals surface area contributed by atoms with Crippen LogP contribution in [-0.2, 0) is 0 Å². The number of aliphatic imine (C=N–C) groups is 1. The molecule has 0 saturated heterocycles. The van der Waals surface area contributed by atoms with E-state index >= 15 is 0 Å². The van der Waals surface area contributed by atoms with Crippen molar-refractivity contribution in [3.63, 3.8) is 0 Å². The summed E-state index contributed by atoms with van der Waals surface area (Å²) in [6.07, 6.45) is 1.30. The Morgan fingerprint density at radius 1 is 1.22 bits per heavy atom. The third-order valence-electron chi connectivity index (χ3n) is 3.90. The van der Waals surface area contributed by atoms with Gasteiger partial charge in [-0.15, -0.1) is 0 Å². The van der Waals surface area contributed by atoms with Gasteiger partial charge in [0.25, 0.3) is 11.2 Å². The lowest BCUT2D eigenvalue weighted by Gasteiger charge is -2.00. The van der Waals surface area contributed by atoms with Gasteiger partial charge in [0.2, 0.25) is 0 Å². The van der Waals surface area contributed by atoms with Crippen LogP contribution in [0.1, 0.15) is 21.6 Å². The van der Waals surface area contributed by atoms with Crippen LogP contribution in [0.4, 0.5) is 11.4 Å². The molecule has 0 aliphatic rings. The second-order valence-electron chi connectivity index (χ2n) is 5.65. The molecule has 27 heavy (non-hydrogen) atoms. The zero-order chi connectivity index (χ0) is 19.6. The summed E-state index contributed by atoms with van der Waals surface area (Å²) in [5.41, 5.74) is 0.979. The van der Waals surface area contributed by atoms with Gasteiger partial charge in [-0.3, -0.25) is 25.0 Å². The predicted octanol–water partition coefficient (Wildman–Crippen LogP) is 2.83. The molecule has 3 rings (SSSR count). The number of rotatable bonds is 5. The fourth-order valence-corrected chi connectivity index (χ4v) is 2.52. The number of carbonyl (C=O) groups is 1. The van der Waals surface area contributed by atoms with Crippen LogP contribution in [0, 0.1) is 17.0 Å². The SMILES string of the molecule is Cc1[nH]n(-c2ccc([N+](=O)[O-])cc2)c(=O)c1C=Nc1ccccc1C(=O)O. The molecule has 2 N–H and O–H groups in total. The van der Waals surface area contributed by atoms with Gasteiger partial charge in [0.15, 0.2) is 0 Å². The minimum Gasteiger partial charge on any atom is -0.478 e. The molecule has 1 heterocycles. The van der Waals surface area contributed by atoms with Crippen LogP contribution >= 0.6 is 0 Å². The molecule has 9 nitrogen and oxygen atoms in total. The molecule has 0 atom stereocenters. The summed E-state index contributed by atoms with van der Waals surface area (Å²) < 4.78 is 1.24. The maximum absolute atomic E-state index is 12.6. The minimum absolute atomic E-state index is 0.0256. The molecule has 0 radical (unpaired) electrons. The molecular formula is C18H14N4O5. The van der Waals surface area contributed by atoms with E-state index in [4.69, 9.17) is 0 Å². The molecule has 0 fully saturated rings. The molecule has 1 aromatic heterocycles. The number of aromatic amines is 1. The monoisotopic (exact) mass is 366 g/mol. The maximum atomic E-state index is 12.6. The van der Waals surface area contributed by atoms with Gasteiger partial charge in [-0.25, -0.2) is 9.48 Å². The molecule has 0 aliphatic heterocycles. The first kappa shape index (κ1) is 17.8. The molecule has 0 amide bonds. The molecule has 0 unspecified atom stereocenters. The van der Waals surface area contributed by atoms with Crippen molar-refractivity contribution in [2.24, 2.45) is 4.99 Å². The average Bonchev–Trinajstić information content (AvgIpc) is 2.94. The number of benzene rings is 2. The summed E-state index contributed by atoms with van der Waals surface area (Å²) >= 11 is 0. The van der Waals surface area contributed by atoms with Crippen LogP contribution in [0.3, 0.4) is 0 Å². The highest BCUT2D eigenvalue weighted by Gasteiger charge is 2.13. The van der Waals surface area contributed by atoms with Crippen molar-refractivity contribution >= 4 is 23.6 Å². The van der Waals surface area contributed by atoms with E-state index in [0.717, 1.165) is 0 Å². The Bertz CT molecular complexity index is 1110. The van der Waals surface area contributed by atoms with Gasteiger partial charge >= 0.3 is 5.97 Å². The van der Waals surface area contributed by atoms with Crippen molar-refractivity contribution in [1.82, 2.24) is 9.78 Å². The maximum Gasteiger partial charge on any atom is 0.337 e. The summed E-state index contributed by atoms with van der Waals surface area (Å²) in [5, 5.41) is 22.8. The fraction of sp³-hybridized carbons (Fsp3) is 0.0556. The van der Waals surface area contributed by atoms with Crippen LogP contribution in [0.2, 0.25) is 0 Å². The largest absolute Gasteiger partial charge is 0.478 e. The van der Waals surface area contributed by atoms with Crippen LogP contribution in [0.15, 0.2) is 58.3 Å². The lowest BCUT2D eigenvalue weighted by atomic mass is 10.2. The quantitative estimate of drug-likeness (QED) is 0.407. The van der Waals surface area contributed by atoms with E-state index in [9.17, 15) is 24.8 Å². The van der Waals surface area contributed by atoms with Gasteiger partial charge < -0.3 is 5.11 Å². The van der Waals surface area contributed by atoms with Crippen molar-refractivity contribution in [2.45, 2.75) is 6.92 Å². The first-order chi connectivity index (χ1) is 12.9. The fourth-order valence-electron chi connectivity index (χ4n) is 2.52.